The van der Waals surface area contributed by atoms with Crippen molar-refractivity contribution in [2.45, 2.75) is 71.1 Å². The zero-order valence-corrected chi connectivity index (χ0v) is 24.1. The quantitative estimate of drug-likeness (QED) is 0.170. The number of halogens is 3. The first-order chi connectivity index (χ1) is 19.7. The first kappa shape index (κ1) is 29.9. The number of benzene rings is 1. The Kier molecular flexibility index (Phi) is 8.00. The smallest absolute Gasteiger partial charge is 0.387 e. The molecule has 3 heterocycles. The molecule has 0 aliphatic heterocycles. The highest BCUT2D eigenvalue weighted by Gasteiger charge is 2.52. The van der Waals surface area contributed by atoms with Gasteiger partial charge in [-0.2, -0.15) is 13.8 Å². The topological polar surface area (TPSA) is 146 Å². The maximum atomic E-state index is 14.2. The Morgan fingerprint density at radius 2 is 1.93 bits per heavy atom. The lowest BCUT2D eigenvalue weighted by Crippen LogP contribution is -2.51. The molecule has 1 aromatic carbocycles. The molecule has 0 bridgehead atoms. The number of pyridine rings is 1. The van der Waals surface area contributed by atoms with Crippen molar-refractivity contribution in [1.29, 1.82) is 0 Å². The number of hydrogen-bond donors (Lipinski definition) is 5. The van der Waals surface area contributed by atoms with Crippen molar-refractivity contribution in [3.63, 3.8) is 0 Å². The maximum absolute atomic E-state index is 14.2. The van der Waals surface area contributed by atoms with Crippen LogP contribution in [0, 0.1) is 25.6 Å². The van der Waals surface area contributed by atoms with Gasteiger partial charge in [0.1, 0.15) is 22.4 Å². The largest absolute Gasteiger partial charge is 0.432 e. The molecule has 1 aliphatic carbocycles. The second-order valence-corrected chi connectivity index (χ2v) is 11.9. The number of ether oxygens (including phenoxy) is 1. The fraction of sp³-hybridized carbons (Fsp3) is 0.429. The van der Waals surface area contributed by atoms with E-state index in [9.17, 15) is 28.5 Å². The summed E-state index contributed by atoms with van der Waals surface area (Å²) in [7, 11) is 0. The highest BCUT2D eigenvalue weighted by Crippen LogP contribution is 2.43. The summed E-state index contributed by atoms with van der Waals surface area (Å²) >= 11 is 1.40. The number of aliphatic hydroxyl groups is 3. The molecule has 1 saturated carbocycles. The summed E-state index contributed by atoms with van der Waals surface area (Å²) in [6.45, 7) is 3.67. The Labute approximate surface area is 243 Å². The second kappa shape index (κ2) is 11.2. The van der Waals surface area contributed by atoms with E-state index in [2.05, 4.69) is 30.3 Å². The van der Waals surface area contributed by atoms with Gasteiger partial charge in [-0.25, -0.2) is 14.4 Å². The molecule has 10 nitrogen and oxygen atoms in total. The van der Waals surface area contributed by atoms with Crippen molar-refractivity contribution in [2.24, 2.45) is 5.92 Å². The van der Waals surface area contributed by atoms with Crippen LogP contribution in [0.1, 0.15) is 43.6 Å². The van der Waals surface area contributed by atoms with Crippen LogP contribution in [0.15, 0.2) is 30.5 Å². The number of nitrogens with zero attached hydrogens (tertiary/aromatic N) is 4. The molecule has 42 heavy (non-hydrogen) atoms. The highest BCUT2D eigenvalue weighted by atomic mass is 32.1. The lowest BCUT2D eigenvalue weighted by Gasteiger charge is -2.34. The standard InChI is InChI=1S/C28H31F3N6O4S/c1-13-20(24-35-21-14(2)32-10-8-19(21)42-24)23(37-28(40)9-7-16(22(28)38)27(3,4)39)36-26(34-13)33-12-15-5-6-18(17(29)11-15)41-25(30)31/h5-6,8,10-11,16,22,25,38-40H,7,9,12H2,1-4H3,(H2,33,34,36,37). The SMILES string of the molecule is Cc1nc(NCc2ccc(OC(F)F)c(F)c2)nc(NC2(O)CCC(C(C)(C)O)C2O)c1-c1nc2c(C)nccc2s1. The third-order valence-corrected chi connectivity index (χ3v) is 8.44. The minimum Gasteiger partial charge on any atom is -0.432 e. The van der Waals surface area contributed by atoms with Crippen LogP contribution in [0.5, 0.6) is 5.75 Å². The molecule has 3 aromatic heterocycles. The van der Waals surface area contributed by atoms with Crippen molar-refractivity contribution in [3.05, 3.63) is 53.2 Å². The molecule has 5 rings (SSSR count). The van der Waals surface area contributed by atoms with Crippen LogP contribution in [-0.2, 0) is 6.54 Å². The summed E-state index contributed by atoms with van der Waals surface area (Å²) in [6, 6.07) is 5.46. The van der Waals surface area contributed by atoms with Crippen molar-refractivity contribution < 1.29 is 33.2 Å². The number of fused-ring (bicyclic) bond motifs is 1. The van der Waals surface area contributed by atoms with Gasteiger partial charge in [0, 0.05) is 18.7 Å². The number of aromatic nitrogens is 4. The van der Waals surface area contributed by atoms with Gasteiger partial charge in [0.05, 0.1) is 27.3 Å². The zero-order valence-electron chi connectivity index (χ0n) is 23.3. The van der Waals surface area contributed by atoms with E-state index in [0.29, 0.717) is 33.8 Å². The number of rotatable bonds is 9. The van der Waals surface area contributed by atoms with Crippen molar-refractivity contribution in [2.75, 3.05) is 10.6 Å². The van der Waals surface area contributed by atoms with E-state index >= 15 is 0 Å². The van der Waals surface area contributed by atoms with E-state index in [1.165, 1.54) is 17.4 Å². The predicted octanol–water partition coefficient (Wildman–Crippen LogP) is 4.76. The van der Waals surface area contributed by atoms with Gasteiger partial charge in [-0.3, -0.25) is 4.98 Å². The number of hydrogen-bond acceptors (Lipinski definition) is 11. The van der Waals surface area contributed by atoms with E-state index in [0.717, 1.165) is 22.5 Å². The van der Waals surface area contributed by atoms with Crippen LogP contribution in [0.25, 0.3) is 20.8 Å². The lowest BCUT2D eigenvalue weighted by molar-refractivity contribution is -0.0926. The Hall–Kier alpha value is -3.59. The minimum atomic E-state index is -3.15. The van der Waals surface area contributed by atoms with Crippen LogP contribution in [-0.4, -0.2) is 59.3 Å². The molecule has 14 heteroatoms. The molecule has 224 valence electrons. The average Bonchev–Trinajstić information content (AvgIpc) is 3.45. The summed E-state index contributed by atoms with van der Waals surface area (Å²) in [5.41, 5.74) is -0.152. The summed E-state index contributed by atoms with van der Waals surface area (Å²) in [6.07, 6.45) is 0.888. The van der Waals surface area contributed by atoms with E-state index in [-0.39, 0.29) is 24.7 Å². The summed E-state index contributed by atoms with van der Waals surface area (Å²) in [5, 5.41) is 39.7. The van der Waals surface area contributed by atoms with Crippen LogP contribution in [0.2, 0.25) is 0 Å². The van der Waals surface area contributed by atoms with E-state index < -0.39 is 41.5 Å². The molecule has 3 unspecified atom stereocenters. The van der Waals surface area contributed by atoms with Gasteiger partial charge in [-0.1, -0.05) is 6.07 Å². The summed E-state index contributed by atoms with van der Waals surface area (Å²) in [5.74, 6) is -1.78. The molecule has 3 atom stereocenters. The molecular formula is C28H31F3N6O4S. The monoisotopic (exact) mass is 604 g/mol. The van der Waals surface area contributed by atoms with Gasteiger partial charge < -0.3 is 30.7 Å². The van der Waals surface area contributed by atoms with Crippen molar-refractivity contribution >= 4 is 33.3 Å². The molecule has 0 amide bonds. The normalized spacial score (nSPS) is 20.8. The Balaban J connectivity index is 1.50. The lowest BCUT2D eigenvalue weighted by atomic mass is 9.87. The van der Waals surface area contributed by atoms with Gasteiger partial charge in [-0.15, -0.1) is 11.3 Å². The maximum Gasteiger partial charge on any atom is 0.387 e. The minimum absolute atomic E-state index is 0.0454. The zero-order chi connectivity index (χ0) is 30.4. The number of alkyl halides is 2. The highest BCUT2D eigenvalue weighted by molar-refractivity contribution is 7.21. The Morgan fingerprint density at radius 1 is 1.17 bits per heavy atom. The second-order valence-electron chi connectivity index (χ2n) is 10.9. The van der Waals surface area contributed by atoms with Crippen LogP contribution in [0.3, 0.4) is 0 Å². The fourth-order valence-electron chi connectivity index (χ4n) is 5.21. The van der Waals surface area contributed by atoms with E-state index in [1.807, 2.05) is 13.0 Å². The Bertz CT molecular complexity index is 1610. The molecule has 4 aromatic rings. The number of aliphatic hydroxyl groups excluding tert-OH is 1. The van der Waals surface area contributed by atoms with Crippen LogP contribution in [0.4, 0.5) is 24.9 Å². The summed E-state index contributed by atoms with van der Waals surface area (Å²) in [4.78, 5) is 18.2. The van der Waals surface area contributed by atoms with Crippen LogP contribution < -0.4 is 15.4 Å². The number of thiazole rings is 1. The molecule has 0 spiro atoms. The van der Waals surface area contributed by atoms with Gasteiger partial charge >= 0.3 is 6.61 Å². The average molecular weight is 605 g/mol. The van der Waals surface area contributed by atoms with Crippen molar-refractivity contribution in [3.8, 4) is 16.3 Å². The molecule has 0 saturated heterocycles. The number of nitrogens with one attached hydrogen (secondary N) is 2. The third-order valence-electron chi connectivity index (χ3n) is 7.41. The van der Waals surface area contributed by atoms with Gasteiger partial charge in [0.2, 0.25) is 5.95 Å². The van der Waals surface area contributed by atoms with Gasteiger partial charge in [0.25, 0.3) is 0 Å². The van der Waals surface area contributed by atoms with E-state index in [4.69, 9.17) is 4.98 Å². The first-order valence-electron chi connectivity index (χ1n) is 13.2. The van der Waals surface area contributed by atoms with E-state index in [1.54, 1.807) is 27.0 Å². The Morgan fingerprint density at radius 3 is 2.57 bits per heavy atom. The number of aryl methyl sites for hydroxylation is 2. The third kappa shape index (κ3) is 5.98. The fourth-order valence-corrected chi connectivity index (χ4v) is 6.32. The first-order valence-corrected chi connectivity index (χ1v) is 14.1. The van der Waals surface area contributed by atoms with Crippen molar-refractivity contribution in [1.82, 2.24) is 19.9 Å². The molecule has 1 aliphatic rings. The molecule has 0 radical (unpaired) electrons. The van der Waals surface area contributed by atoms with Gasteiger partial charge in [-0.05, 0) is 64.3 Å². The number of anilines is 2. The molecule has 1 fully saturated rings. The summed E-state index contributed by atoms with van der Waals surface area (Å²) < 4.78 is 44.3. The molecular weight excluding hydrogens is 573 g/mol. The molecule has 5 N–H and O–H groups in total. The van der Waals surface area contributed by atoms with Gasteiger partial charge in [0.15, 0.2) is 17.3 Å². The predicted molar refractivity (Wildman–Crippen MR) is 152 cm³/mol. The van der Waals surface area contributed by atoms with Crippen LogP contribution >= 0.6 is 11.3 Å².